The zero-order chi connectivity index (χ0) is 18.1. The van der Waals surface area contributed by atoms with Gasteiger partial charge in [0.25, 0.3) is 11.8 Å². The van der Waals surface area contributed by atoms with Crippen LogP contribution in [0.3, 0.4) is 0 Å². The molecule has 0 aliphatic rings. The van der Waals surface area contributed by atoms with Gasteiger partial charge in [-0.15, -0.1) is 0 Å². The van der Waals surface area contributed by atoms with E-state index in [1.54, 1.807) is 35.1 Å². The van der Waals surface area contributed by atoms with E-state index in [1.165, 1.54) is 16.9 Å². The molecular formula is C18H14N6O2. The molecule has 0 radical (unpaired) electrons. The van der Waals surface area contributed by atoms with Crippen molar-refractivity contribution >= 4 is 23.0 Å². The first-order valence-electron chi connectivity index (χ1n) is 7.82. The number of nitrogens with two attached hydrogens (primary N) is 1. The maximum absolute atomic E-state index is 12.7. The number of nitrogens with zero attached hydrogens (tertiary/aromatic N) is 4. The van der Waals surface area contributed by atoms with Crippen LogP contribution < -0.4 is 11.1 Å². The highest BCUT2D eigenvalue weighted by Crippen LogP contribution is 2.21. The van der Waals surface area contributed by atoms with Gasteiger partial charge in [-0.2, -0.15) is 10.2 Å². The molecular weight excluding hydrogens is 332 g/mol. The third-order valence-corrected chi connectivity index (χ3v) is 3.91. The molecule has 0 fully saturated rings. The van der Waals surface area contributed by atoms with Gasteiger partial charge in [0.2, 0.25) is 0 Å². The van der Waals surface area contributed by atoms with Crippen LogP contribution in [0.2, 0.25) is 0 Å². The Labute approximate surface area is 147 Å². The molecule has 8 nitrogen and oxygen atoms in total. The van der Waals surface area contributed by atoms with Crippen LogP contribution in [0.1, 0.15) is 20.8 Å². The van der Waals surface area contributed by atoms with Crippen LogP contribution in [0.25, 0.3) is 11.2 Å². The number of nitrogens with one attached hydrogen (secondary N) is 1. The Morgan fingerprint density at radius 2 is 1.81 bits per heavy atom. The van der Waals surface area contributed by atoms with Crippen molar-refractivity contribution in [2.75, 3.05) is 5.32 Å². The number of rotatable bonds is 4. The van der Waals surface area contributed by atoms with Crippen molar-refractivity contribution < 1.29 is 9.59 Å². The van der Waals surface area contributed by atoms with Crippen molar-refractivity contribution in [2.24, 2.45) is 5.73 Å². The summed E-state index contributed by atoms with van der Waals surface area (Å²) < 4.78 is 3.12. The van der Waals surface area contributed by atoms with Gasteiger partial charge in [0.1, 0.15) is 5.69 Å². The number of para-hydroxylation sites is 2. The Morgan fingerprint density at radius 1 is 1.00 bits per heavy atom. The molecule has 1 aromatic carbocycles. The van der Waals surface area contributed by atoms with E-state index < -0.39 is 5.91 Å². The normalized spacial score (nSPS) is 10.8. The third kappa shape index (κ3) is 2.69. The quantitative estimate of drug-likeness (QED) is 0.588. The van der Waals surface area contributed by atoms with Gasteiger partial charge in [-0.05, 0) is 30.3 Å². The number of primary amides is 1. The molecule has 3 heterocycles. The number of amides is 2. The SMILES string of the molecule is NC(=O)c1ccn(-c2ccccc2NC(=O)c2cnn3ccccc23)n1. The summed E-state index contributed by atoms with van der Waals surface area (Å²) in [6, 6.07) is 14.2. The molecule has 0 unspecified atom stereocenters. The molecule has 0 saturated carbocycles. The summed E-state index contributed by atoms with van der Waals surface area (Å²) in [5, 5.41) is 11.2. The van der Waals surface area contributed by atoms with E-state index in [0.717, 1.165) is 0 Å². The molecule has 8 heteroatoms. The molecule has 0 atom stereocenters. The summed E-state index contributed by atoms with van der Waals surface area (Å²) in [7, 11) is 0. The summed E-state index contributed by atoms with van der Waals surface area (Å²) >= 11 is 0. The molecule has 128 valence electrons. The van der Waals surface area contributed by atoms with Gasteiger partial charge in [-0.25, -0.2) is 9.20 Å². The lowest BCUT2D eigenvalue weighted by Gasteiger charge is -2.10. The monoisotopic (exact) mass is 346 g/mol. The van der Waals surface area contributed by atoms with Gasteiger partial charge < -0.3 is 11.1 Å². The van der Waals surface area contributed by atoms with Crippen molar-refractivity contribution in [2.45, 2.75) is 0 Å². The lowest BCUT2D eigenvalue weighted by Crippen LogP contribution is -2.15. The molecule has 0 bridgehead atoms. The highest BCUT2D eigenvalue weighted by molar-refractivity contribution is 6.09. The van der Waals surface area contributed by atoms with Crippen molar-refractivity contribution in [3.8, 4) is 5.69 Å². The molecule has 0 aliphatic heterocycles. The van der Waals surface area contributed by atoms with Crippen LogP contribution >= 0.6 is 0 Å². The van der Waals surface area contributed by atoms with Crippen LogP contribution in [0.15, 0.2) is 67.1 Å². The van der Waals surface area contributed by atoms with Gasteiger partial charge in [-0.1, -0.05) is 18.2 Å². The number of aromatic nitrogens is 4. The Morgan fingerprint density at radius 3 is 2.62 bits per heavy atom. The highest BCUT2D eigenvalue weighted by atomic mass is 16.2. The smallest absolute Gasteiger partial charge is 0.269 e. The zero-order valence-electron chi connectivity index (χ0n) is 13.5. The second kappa shape index (κ2) is 6.17. The minimum atomic E-state index is -0.614. The fraction of sp³-hybridized carbons (Fsp3) is 0. The first kappa shape index (κ1) is 15.6. The van der Waals surface area contributed by atoms with Crippen LogP contribution in [-0.4, -0.2) is 31.2 Å². The Kier molecular flexibility index (Phi) is 3.70. The predicted molar refractivity (Wildman–Crippen MR) is 95.2 cm³/mol. The molecule has 0 saturated heterocycles. The highest BCUT2D eigenvalue weighted by Gasteiger charge is 2.15. The summed E-state index contributed by atoms with van der Waals surface area (Å²) in [6.07, 6.45) is 4.90. The van der Waals surface area contributed by atoms with E-state index in [9.17, 15) is 9.59 Å². The minimum absolute atomic E-state index is 0.147. The van der Waals surface area contributed by atoms with Crippen molar-refractivity contribution in [3.05, 3.63) is 78.4 Å². The van der Waals surface area contributed by atoms with Crippen LogP contribution in [0.5, 0.6) is 0 Å². The van der Waals surface area contributed by atoms with E-state index in [-0.39, 0.29) is 11.6 Å². The number of carbonyl (C=O) groups excluding carboxylic acids is 2. The number of pyridine rings is 1. The van der Waals surface area contributed by atoms with E-state index in [1.807, 2.05) is 24.3 Å². The molecule has 0 aliphatic carbocycles. The summed E-state index contributed by atoms with van der Waals surface area (Å²) in [5.41, 5.74) is 7.72. The van der Waals surface area contributed by atoms with Crippen LogP contribution in [0.4, 0.5) is 5.69 Å². The Bertz CT molecular complexity index is 1130. The number of carbonyl (C=O) groups is 2. The third-order valence-electron chi connectivity index (χ3n) is 3.91. The molecule has 3 N–H and O–H groups in total. The van der Waals surface area contributed by atoms with Crippen molar-refractivity contribution in [1.29, 1.82) is 0 Å². The molecule has 4 aromatic rings. The van der Waals surface area contributed by atoms with Gasteiger partial charge in [0, 0.05) is 12.4 Å². The summed E-state index contributed by atoms with van der Waals surface area (Å²) in [6.45, 7) is 0. The minimum Gasteiger partial charge on any atom is -0.364 e. The molecule has 4 rings (SSSR count). The number of fused-ring (bicyclic) bond motifs is 1. The van der Waals surface area contributed by atoms with Crippen molar-refractivity contribution in [1.82, 2.24) is 19.4 Å². The van der Waals surface area contributed by atoms with Gasteiger partial charge in [-0.3, -0.25) is 9.59 Å². The standard InChI is InChI=1S/C18H14N6O2/c19-17(25)14-8-10-24(22-14)16-7-2-1-5-13(16)21-18(26)12-11-20-23-9-4-3-6-15(12)23/h1-11H,(H2,19,25)(H,21,26). The maximum atomic E-state index is 12.7. The van der Waals surface area contributed by atoms with Gasteiger partial charge in [0.15, 0.2) is 0 Å². The lowest BCUT2D eigenvalue weighted by atomic mass is 10.2. The Balaban J connectivity index is 1.68. The van der Waals surface area contributed by atoms with E-state index >= 15 is 0 Å². The number of hydrogen-bond acceptors (Lipinski definition) is 4. The zero-order valence-corrected chi connectivity index (χ0v) is 13.5. The van der Waals surface area contributed by atoms with E-state index in [2.05, 4.69) is 15.5 Å². The predicted octanol–water partition coefficient (Wildman–Crippen LogP) is 1.87. The molecule has 0 spiro atoms. The van der Waals surface area contributed by atoms with E-state index in [0.29, 0.717) is 22.5 Å². The number of hydrogen-bond donors (Lipinski definition) is 2. The average molecular weight is 346 g/mol. The first-order chi connectivity index (χ1) is 12.6. The van der Waals surface area contributed by atoms with Gasteiger partial charge >= 0.3 is 0 Å². The maximum Gasteiger partial charge on any atom is 0.269 e. The second-order valence-electron chi connectivity index (χ2n) is 5.57. The number of benzene rings is 1. The van der Waals surface area contributed by atoms with E-state index in [4.69, 9.17) is 5.73 Å². The van der Waals surface area contributed by atoms with Crippen LogP contribution in [0, 0.1) is 0 Å². The van der Waals surface area contributed by atoms with Crippen LogP contribution in [-0.2, 0) is 0 Å². The molecule has 3 aromatic heterocycles. The number of anilines is 1. The molecule has 26 heavy (non-hydrogen) atoms. The fourth-order valence-corrected chi connectivity index (χ4v) is 2.67. The summed E-state index contributed by atoms with van der Waals surface area (Å²) in [4.78, 5) is 24.0. The average Bonchev–Trinajstić information content (AvgIpc) is 3.29. The Hall–Kier alpha value is -3.94. The fourth-order valence-electron chi connectivity index (χ4n) is 2.67. The topological polar surface area (TPSA) is 107 Å². The second-order valence-corrected chi connectivity index (χ2v) is 5.57. The largest absolute Gasteiger partial charge is 0.364 e. The molecule has 2 amide bonds. The van der Waals surface area contributed by atoms with Gasteiger partial charge in [0.05, 0.1) is 28.7 Å². The first-order valence-corrected chi connectivity index (χ1v) is 7.82. The lowest BCUT2D eigenvalue weighted by molar-refractivity contribution is 0.0992. The van der Waals surface area contributed by atoms with Crippen molar-refractivity contribution in [3.63, 3.8) is 0 Å². The summed E-state index contributed by atoms with van der Waals surface area (Å²) in [5.74, 6) is -0.905.